The first-order valence-electron chi connectivity index (χ1n) is 4.99. The van der Waals surface area contributed by atoms with E-state index in [0.29, 0.717) is 0 Å². The van der Waals surface area contributed by atoms with Crippen LogP contribution in [-0.4, -0.2) is 53.9 Å². The molecule has 1 unspecified atom stereocenters. The summed E-state index contributed by atoms with van der Waals surface area (Å²) in [5, 5.41) is 2.49. The van der Waals surface area contributed by atoms with E-state index < -0.39 is 0 Å². The van der Waals surface area contributed by atoms with Crippen molar-refractivity contribution in [2.75, 3.05) is 31.1 Å². The summed E-state index contributed by atoms with van der Waals surface area (Å²) in [6.45, 7) is 2.78. The standard InChI is InChI=1S/C9H17N3O2S/c1-7-6-15-3-2-12(7)9(14)5-11-8(13)4-10/h7H,2-6,10H2,1H3,(H,11,13). The molecule has 15 heavy (non-hydrogen) atoms. The van der Waals surface area contributed by atoms with Gasteiger partial charge in [0.2, 0.25) is 11.8 Å². The second kappa shape index (κ2) is 5.97. The van der Waals surface area contributed by atoms with Crippen LogP contribution in [-0.2, 0) is 9.59 Å². The van der Waals surface area contributed by atoms with Gasteiger partial charge in [0.05, 0.1) is 13.1 Å². The molecule has 1 aliphatic heterocycles. The van der Waals surface area contributed by atoms with E-state index in [1.807, 2.05) is 23.6 Å². The highest BCUT2D eigenvalue weighted by Crippen LogP contribution is 2.15. The largest absolute Gasteiger partial charge is 0.346 e. The Morgan fingerprint density at radius 3 is 2.93 bits per heavy atom. The van der Waals surface area contributed by atoms with Crippen molar-refractivity contribution in [1.82, 2.24) is 10.2 Å². The van der Waals surface area contributed by atoms with Crippen LogP contribution in [0.3, 0.4) is 0 Å². The fourth-order valence-corrected chi connectivity index (χ4v) is 2.46. The van der Waals surface area contributed by atoms with Gasteiger partial charge in [0, 0.05) is 24.1 Å². The van der Waals surface area contributed by atoms with Gasteiger partial charge in [0.25, 0.3) is 0 Å². The van der Waals surface area contributed by atoms with Gasteiger partial charge in [-0.15, -0.1) is 0 Å². The third-order valence-electron chi connectivity index (χ3n) is 2.31. The second-order valence-electron chi connectivity index (χ2n) is 3.49. The summed E-state index contributed by atoms with van der Waals surface area (Å²) in [5.41, 5.74) is 5.12. The summed E-state index contributed by atoms with van der Waals surface area (Å²) < 4.78 is 0. The molecule has 0 bridgehead atoms. The fraction of sp³-hybridized carbons (Fsp3) is 0.778. The zero-order valence-electron chi connectivity index (χ0n) is 8.86. The number of hydrogen-bond acceptors (Lipinski definition) is 4. The van der Waals surface area contributed by atoms with Gasteiger partial charge in [-0.05, 0) is 6.92 Å². The van der Waals surface area contributed by atoms with Crippen molar-refractivity contribution in [3.8, 4) is 0 Å². The number of thioether (sulfide) groups is 1. The highest BCUT2D eigenvalue weighted by atomic mass is 32.2. The van der Waals surface area contributed by atoms with Gasteiger partial charge >= 0.3 is 0 Å². The molecule has 0 aromatic carbocycles. The lowest BCUT2D eigenvalue weighted by Gasteiger charge is -2.33. The van der Waals surface area contributed by atoms with E-state index >= 15 is 0 Å². The maximum absolute atomic E-state index is 11.7. The molecule has 5 nitrogen and oxygen atoms in total. The molecule has 2 amide bonds. The van der Waals surface area contributed by atoms with Gasteiger partial charge in [-0.3, -0.25) is 9.59 Å². The summed E-state index contributed by atoms with van der Waals surface area (Å²) in [4.78, 5) is 24.4. The van der Waals surface area contributed by atoms with E-state index in [0.717, 1.165) is 18.1 Å². The molecule has 6 heteroatoms. The van der Waals surface area contributed by atoms with Crippen molar-refractivity contribution in [1.29, 1.82) is 0 Å². The summed E-state index contributed by atoms with van der Waals surface area (Å²) in [6, 6.07) is 0.256. The molecule has 86 valence electrons. The molecule has 0 aromatic heterocycles. The van der Waals surface area contributed by atoms with E-state index in [-0.39, 0.29) is 30.9 Å². The van der Waals surface area contributed by atoms with Crippen LogP contribution in [0.4, 0.5) is 0 Å². The number of nitrogens with one attached hydrogen (secondary N) is 1. The second-order valence-corrected chi connectivity index (χ2v) is 4.64. The predicted octanol–water partition coefficient (Wildman–Crippen LogP) is -0.975. The molecule has 1 atom stereocenters. The van der Waals surface area contributed by atoms with Crippen molar-refractivity contribution in [2.24, 2.45) is 5.73 Å². The first-order chi connectivity index (χ1) is 7.15. The van der Waals surface area contributed by atoms with E-state index in [2.05, 4.69) is 5.32 Å². The van der Waals surface area contributed by atoms with Gasteiger partial charge in [-0.25, -0.2) is 0 Å². The monoisotopic (exact) mass is 231 g/mol. The SMILES string of the molecule is CC1CSCCN1C(=O)CNC(=O)CN. The lowest BCUT2D eigenvalue weighted by atomic mass is 10.3. The van der Waals surface area contributed by atoms with E-state index in [4.69, 9.17) is 5.73 Å². The number of carbonyl (C=O) groups is 2. The number of hydrogen-bond donors (Lipinski definition) is 2. The van der Waals surface area contributed by atoms with Crippen LogP contribution in [0.25, 0.3) is 0 Å². The average Bonchev–Trinajstić information content (AvgIpc) is 2.26. The first kappa shape index (κ1) is 12.3. The molecule has 0 aliphatic carbocycles. The first-order valence-corrected chi connectivity index (χ1v) is 6.14. The zero-order valence-corrected chi connectivity index (χ0v) is 9.68. The van der Waals surface area contributed by atoms with Crippen molar-refractivity contribution in [3.05, 3.63) is 0 Å². The zero-order chi connectivity index (χ0) is 11.3. The van der Waals surface area contributed by atoms with Crippen LogP contribution in [0.1, 0.15) is 6.92 Å². The van der Waals surface area contributed by atoms with Crippen LogP contribution >= 0.6 is 11.8 Å². The average molecular weight is 231 g/mol. The molecule has 1 saturated heterocycles. The number of rotatable bonds is 3. The van der Waals surface area contributed by atoms with Crippen LogP contribution in [0.15, 0.2) is 0 Å². The Hall–Kier alpha value is -0.750. The van der Waals surface area contributed by atoms with E-state index in [9.17, 15) is 9.59 Å². The summed E-state index contributed by atoms with van der Waals surface area (Å²) in [6.07, 6.45) is 0. The molecule has 1 rings (SSSR count). The maximum Gasteiger partial charge on any atom is 0.242 e. The summed E-state index contributed by atoms with van der Waals surface area (Å²) in [7, 11) is 0. The highest BCUT2D eigenvalue weighted by Gasteiger charge is 2.23. The smallest absolute Gasteiger partial charge is 0.242 e. The lowest BCUT2D eigenvalue weighted by molar-refractivity contribution is -0.133. The molecule has 0 spiro atoms. The van der Waals surface area contributed by atoms with Crippen molar-refractivity contribution < 1.29 is 9.59 Å². The Morgan fingerprint density at radius 2 is 2.33 bits per heavy atom. The Balaban J connectivity index is 2.35. The van der Waals surface area contributed by atoms with Crippen molar-refractivity contribution in [2.45, 2.75) is 13.0 Å². The summed E-state index contributed by atoms with van der Waals surface area (Å²) in [5.74, 6) is 1.63. The lowest BCUT2D eigenvalue weighted by Crippen LogP contribution is -2.49. The number of carbonyl (C=O) groups excluding carboxylic acids is 2. The van der Waals surface area contributed by atoms with Crippen LogP contribution in [0.5, 0.6) is 0 Å². The number of nitrogens with two attached hydrogens (primary N) is 1. The Morgan fingerprint density at radius 1 is 1.60 bits per heavy atom. The molecule has 0 radical (unpaired) electrons. The summed E-state index contributed by atoms with van der Waals surface area (Å²) >= 11 is 1.85. The maximum atomic E-state index is 11.7. The minimum Gasteiger partial charge on any atom is -0.346 e. The van der Waals surface area contributed by atoms with Gasteiger partial charge in [0.1, 0.15) is 0 Å². The predicted molar refractivity (Wildman–Crippen MR) is 60.6 cm³/mol. The van der Waals surface area contributed by atoms with Crippen molar-refractivity contribution in [3.63, 3.8) is 0 Å². The van der Waals surface area contributed by atoms with Crippen LogP contribution in [0.2, 0.25) is 0 Å². The molecular formula is C9H17N3O2S. The quantitative estimate of drug-likeness (QED) is 0.655. The third-order valence-corrected chi connectivity index (χ3v) is 3.50. The topological polar surface area (TPSA) is 75.4 Å². The Bertz CT molecular complexity index is 248. The fourth-order valence-electron chi connectivity index (χ4n) is 1.45. The molecule has 0 aromatic rings. The van der Waals surface area contributed by atoms with Crippen LogP contribution in [0, 0.1) is 0 Å². The molecule has 1 heterocycles. The minimum atomic E-state index is -0.289. The van der Waals surface area contributed by atoms with E-state index in [1.165, 1.54) is 0 Å². The third kappa shape index (κ3) is 3.71. The molecule has 1 fully saturated rings. The van der Waals surface area contributed by atoms with Gasteiger partial charge in [0.15, 0.2) is 0 Å². The Labute approximate surface area is 93.7 Å². The number of amides is 2. The van der Waals surface area contributed by atoms with Crippen molar-refractivity contribution >= 4 is 23.6 Å². The normalized spacial score (nSPS) is 21.2. The molecule has 3 N–H and O–H groups in total. The molecule has 0 saturated carbocycles. The van der Waals surface area contributed by atoms with Gasteiger partial charge < -0.3 is 16.0 Å². The van der Waals surface area contributed by atoms with Gasteiger partial charge in [-0.2, -0.15) is 11.8 Å². The molecule has 1 aliphatic rings. The Kier molecular flexibility index (Phi) is 4.90. The molecular weight excluding hydrogens is 214 g/mol. The van der Waals surface area contributed by atoms with E-state index in [1.54, 1.807) is 0 Å². The van der Waals surface area contributed by atoms with Gasteiger partial charge in [-0.1, -0.05) is 0 Å². The highest BCUT2D eigenvalue weighted by molar-refractivity contribution is 7.99. The van der Waals surface area contributed by atoms with Crippen LogP contribution < -0.4 is 11.1 Å². The number of nitrogens with zero attached hydrogens (tertiary/aromatic N) is 1. The minimum absolute atomic E-state index is 0.0235.